The molecule has 0 saturated carbocycles. The molecule has 4 atom stereocenters. The van der Waals surface area contributed by atoms with Crippen molar-refractivity contribution in [3.05, 3.63) is 58.5 Å². The van der Waals surface area contributed by atoms with Crippen molar-refractivity contribution in [2.75, 3.05) is 13.2 Å². The van der Waals surface area contributed by atoms with Gasteiger partial charge in [-0.3, -0.25) is 0 Å². The highest BCUT2D eigenvalue weighted by Crippen LogP contribution is 2.38. The summed E-state index contributed by atoms with van der Waals surface area (Å²) >= 11 is 0. The Bertz CT molecular complexity index is 987. The molecule has 0 radical (unpaired) electrons. The van der Waals surface area contributed by atoms with E-state index in [0.717, 1.165) is 6.08 Å². The first-order valence-electron chi connectivity index (χ1n) is 12.0. The Kier molecular flexibility index (Phi) is 12.5. The summed E-state index contributed by atoms with van der Waals surface area (Å²) in [7, 11) is -2.68. The van der Waals surface area contributed by atoms with Gasteiger partial charge in [-0.25, -0.2) is 14.4 Å². The number of carbonyl (C=O) groups excluding carboxylic acids is 3. The van der Waals surface area contributed by atoms with Crippen LogP contribution in [-0.4, -0.2) is 68.9 Å². The summed E-state index contributed by atoms with van der Waals surface area (Å²) in [6.45, 7) is 12.9. The van der Waals surface area contributed by atoms with Crippen LogP contribution in [0.1, 0.15) is 45.0 Å². The lowest BCUT2D eigenvalue weighted by molar-refractivity contribution is -0.164. The summed E-state index contributed by atoms with van der Waals surface area (Å²) in [5, 5.41) is 14.8. The molecule has 0 aliphatic rings. The first-order chi connectivity index (χ1) is 17.3. The van der Waals surface area contributed by atoms with Crippen LogP contribution in [0.2, 0.25) is 18.1 Å². The zero-order chi connectivity index (χ0) is 28.2. The fraction of sp³-hybridized carbons (Fsp3) is 0.560. The van der Waals surface area contributed by atoms with Gasteiger partial charge in [0.05, 0.1) is 30.9 Å². The van der Waals surface area contributed by atoms with Crippen LogP contribution in [0.4, 0.5) is 0 Å². The Hall–Kier alpha value is -3.18. The molecule has 1 N–H and O–H groups in total. The number of hydrogen-bond donors (Lipinski definition) is 1. The predicted octanol–water partition coefficient (Wildman–Crippen LogP) is 4.32. The van der Waals surface area contributed by atoms with Crippen LogP contribution in [0.15, 0.2) is 47.6 Å². The Labute approximate surface area is 218 Å². The molecule has 0 heterocycles. The van der Waals surface area contributed by atoms with Crippen LogP contribution in [0.3, 0.4) is 0 Å². The average Bonchev–Trinajstić information content (AvgIpc) is 2.83. The van der Waals surface area contributed by atoms with Crippen LogP contribution in [0.25, 0.3) is 10.4 Å². The molecular weight excluding hydrogens is 498 g/mol. The largest absolute Gasteiger partial charge is 0.463 e. The van der Waals surface area contributed by atoms with Gasteiger partial charge in [0.1, 0.15) is 6.10 Å². The zero-order valence-electron chi connectivity index (χ0n) is 22.4. The van der Waals surface area contributed by atoms with Gasteiger partial charge in [-0.05, 0) is 49.6 Å². The Morgan fingerprint density at radius 2 is 1.70 bits per heavy atom. The molecule has 0 saturated heterocycles. The summed E-state index contributed by atoms with van der Waals surface area (Å²) in [5.74, 6) is -2.57. The topological polar surface area (TPSA) is 157 Å². The maximum atomic E-state index is 12.9. The zero-order valence-corrected chi connectivity index (χ0v) is 23.4. The molecule has 204 valence electrons. The average molecular weight is 536 g/mol. The summed E-state index contributed by atoms with van der Waals surface area (Å²) in [5.41, 5.74) is 9.38. The van der Waals surface area contributed by atoms with Crippen LogP contribution in [-0.2, 0) is 28.2 Å². The van der Waals surface area contributed by atoms with E-state index in [-0.39, 0.29) is 23.8 Å². The molecule has 12 heteroatoms. The quantitative estimate of drug-likeness (QED) is 0.0744. The van der Waals surface area contributed by atoms with E-state index in [9.17, 15) is 25.0 Å². The maximum Gasteiger partial charge on any atom is 0.350 e. The number of aliphatic hydroxyl groups is 1. The van der Waals surface area contributed by atoms with Crippen molar-refractivity contribution >= 4 is 26.2 Å². The smallest absolute Gasteiger partial charge is 0.350 e. The highest BCUT2D eigenvalue weighted by atomic mass is 28.4. The number of ether oxygens (including phenoxy) is 3. The Morgan fingerprint density at radius 3 is 2.22 bits per heavy atom. The molecule has 0 aliphatic heterocycles. The molecule has 0 spiro atoms. The maximum absolute atomic E-state index is 12.9. The van der Waals surface area contributed by atoms with Crippen molar-refractivity contribution in [2.45, 2.75) is 77.1 Å². The number of esters is 3. The van der Waals surface area contributed by atoms with Gasteiger partial charge in [0.25, 0.3) is 0 Å². The third-order valence-electron chi connectivity index (χ3n) is 5.88. The lowest BCUT2D eigenvalue weighted by Gasteiger charge is -2.42. The molecule has 0 unspecified atom stereocenters. The monoisotopic (exact) mass is 535 g/mol. The SMILES string of the molecule is CCOC(=O)/C=C/[C@H](N=[N+]=[N-])[C@H](O[Si](C)(C)C(C)(C)C)[C@H](O)[C@@H](OC(=O)c1ccccc1)C(=O)OCC. The molecule has 1 aromatic carbocycles. The lowest BCUT2D eigenvalue weighted by atomic mass is 10.0. The van der Waals surface area contributed by atoms with Gasteiger partial charge in [0.2, 0.25) is 6.10 Å². The number of azide groups is 1. The Morgan fingerprint density at radius 1 is 1.11 bits per heavy atom. The number of carbonyl (C=O) groups is 3. The van der Waals surface area contributed by atoms with Gasteiger partial charge < -0.3 is 23.7 Å². The summed E-state index contributed by atoms with van der Waals surface area (Å²) in [4.78, 5) is 40.4. The van der Waals surface area contributed by atoms with Crippen molar-refractivity contribution in [1.29, 1.82) is 0 Å². The molecule has 0 aliphatic carbocycles. The second-order valence-corrected chi connectivity index (χ2v) is 14.3. The van der Waals surface area contributed by atoms with Gasteiger partial charge in [-0.15, -0.1) is 0 Å². The molecule has 11 nitrogen and oxygen atoms in total. The fourth-order valence-electron chi connectivity index (χ4n) is 2.91. The molecule has 37 heavy (non-hydrogen) atoms. The highest BCUT2D eigenvalue weighted by molar-refractivity contribution is 6.74. The standard InChI is InChI=1S/C25H37N3O8Si/c1-8-33-19(29)16-15-18(27-28-26)21(36-37(6,7)25(3,4)5)20(30)22(24(32)34-9-2)35-23(31)17-13-11-10-12-14-17/h10-16,18,20-22,30H,8-9H2,1-7H3/b16-15+/t18-,20-,21-,22+/m0/s1. The molecule has 0 amide bonds. The third kappa shape index (κ3) is 9.65. The molecule has 1 rings (SSSR count). The lowest BCUT2D eigenvalue weighted by Crippen LogP contribution is -2.55. The minimum atomic E-state index is -2.68. The number of aliphatic hydroxyl groups excluding tert-OH is 1. The van der Waals surface area contributed by atoms with Crippen LogP contribution < -0.4 is 0 Å². The van der Waals surface area contributed by atoms with E-state index in [0.29, 0.717) is 0 Å². The molecule has 0 fully saturated rings. The van der Waals surface area contributed by atoms with E-state index in [2.05, 4.69) is 10.0 Å². The molecule has 1 aromatic rings. The van der Waals surface area contributed by atoms with Gasteiger partial charge in [-0.2, -0.15) is 0 Å². The van der Waals surface area contributed by atoms with E-state index in [4.69, 9.17) is 18.6 Å². The van der Waals surface area contributed by atoms with Crippen LogP contribution >= 0.6 is 0 Å². The van der Waals surface area contributed by atoms with Gasteiger partial charge in [0.15, 0.2) is 8.32 Å². The third-order valence-corrected chi connectivity index (χ3v) is 10.4. The summed E-state index contributed by atoms with van der Waals surface area (Å²) < 4.78 is 21.7. The Balaban J connectivity index is 3.55. The highest BCUT2D eigenvalue weighted by Gasteiger charge is 2.46. The van der Waals surface area contributed by atoms with Crippen LogP contribution in [0.5, 0.6) is 0 Å². The number of hydrogen-bond acceptors (Lipinski definition) is 9. The number of benzene rings is 1. The molecule has 0 aromatic heterocycles. The van der Waals surface area contributed by atoms with Crippen molar-refractivity contribution in [2.24, 2.45) is 5.11 Å². The minimum Gasteiger partial charge on any atom is -0.463 e. The van der Waals surface area contributed by atoms with E-state index in [1.165, 1.54) is 18.2 Å². The van der Waals surface area contributed by atoms with Crippen LogP contribution in [0, 0.1) is 0 Å². The van der Waals surface area contributed by atoms with E-state index in [1.54, 1.807) is 32.0 Å². The molecular formula is C25H37N3O8Si. The molecule has 0 bridgehead atoms. The number of rotatable bonds is 13. The minimum absolute atomic E-state index is 0.0404. The number of nitrogens with zero attached hydrogens (tertiary/aromatic N) is 3. The van der Waals surface area contributed by atoms with E-state index in [1.807, 2.05) is 33.9 Å². The second-order valence-electron chi connectivity index (χ2n) is 9.58. The van der Waals surface area contributed by atoms with Gasteiger partial charge >= 0.3 is 17.9 Å². The fourth-order valence-corrected chi connectivity index (χ4v) is 4.22. The summed E-state index contributed by atoms with van der Waals surface area (Å²) in [6, 6.07) is 6.67. The summed E-state index contributed by atoms with van der Waals surface area (Å²) in [6.07, 6.45) is -2.73. The predicted molar refractivity (Wildman–Crippen MR) is 139 cm³/mol. The first kappa shape index (κ1) is 31.8. The van der Waals surface area contributed by atoms with E-state index >= 15 is 0 Å². The van der Waals surface area contributed by atoms with E-state index < -0.39 is 50.6 Å². The van der Waals surface area contributed by atoms with Crippen molar-refractivity contribution in [1.82, 2.24) is 0 Å². The van der Waals surface area contributed by atoms with Crippen molar-refractivity contribution in [3.63, 3.8) is 0 Å². The van der Waals surface area contributed by atoms with Crippen molar-refractivity contribution in [3.8, 4) is 0 Å². The normalized spacial score (nSPS) is 15.1. The second kappa shape index (κ2) is 14.5. The van der Waals surface area contributed by atoms with Gasteiger partial charge in [-0.1, -0.05) is 50.2 Å². The first-order valence-corrected chi connectivity index (χ1v) is 14.9. The van der Waals surface area contributed by atoms with Crippen molar-refractivity contribution < 1.29 is 38.1 Å². The van der Waals surface area contributed by atoms with Gasteiger partial charge in [0, 0.05) is 11.0 Å².